The number of piperazine rings is 1. The Morgan fingerprint density at radius 1 is 1.18 bits per heavy atom. The van der Waals surface area contributed by atoms with Crippen molar-refractivity contribution in [2.45, 2.75) is 19.8 Å². The minimum atomic E-state index is -0.368. The third-order valence-electron chi connectivity index (χ3n) is 5.18. The van der Waals surface area contributed by atoms with Gasteiger partial charge in [0, 0.05) is 45.2 Å². The van der Waals surface area contributed by atoms with Crippen molar-refractivity contribution < 1.29 is 9.59 Å². The van der Waals surface area contributed by atoms with E-state index in [0.29, 0.717) is 37.5 Å². The molecule has 1 aliphatic carbocycles. The lowest BCUT2D eigenvalue weighted by molar-refractivity contribution is -0.131. The highest BCUT2D eigenvalue weighted by atomic mass is 16.2. The molecule has 1 aromatic heterocycles. The standard InChI is InChI=1S/C21H23N5O2/c1-15-8-9-22-19(14-15)25-10-12-26(13-11-25)20(27)7-6-18-23-17-5-3-2-4-16(17)21(28)24-18/h2-5,8-9,14,16H,6-7,10-13H2,1H3. The van der Waals surface area contributed by atoms with Gasteiger partial charge in [0.1, 0.15) is 17.6 Å². The van der Waals surface area contributed by atoms with E-state index < -0.39 is 0 Å². The lowest BCUT2D eigenvalue weighted by Gasteiger charge is -2.35. The van der Waals surface area contributed by atoms with E-state index in [0.717, 1.165) is 18.9 Å². The number of anilines is 1. The summed E-state index contributed by atoms with van der Waals surface area (Å²) in [4.78, 5) is 41.7. The molecule has 1 fully saturated rings. The van der Waals surface area contributed by atoms with Crippen molar-refractivity contribution in [1.29, 1.82) is 0 Å². The summed E-state index contributed by atoms with van der Waals surface area (Å²) in [6.45, 7) is 4.92. The maximum Gasteiger partial charge on any atom is 0.260 e. The van der Waals surface area contributed by atoms with E-state index in [1.807, 2.05) is 35.4 Å². The highest BCUT2D eigenvalue weighted by Crippen LogP contribution is 2.19. The first kappa shape index (κ1) is 18.3. The number of pyridine rings is 1. The fourth-order valence-electron chi connectivity index (χ4n) is 3.58. The summed E-state index contributed by atoms with van der Waals surface area (Å²) in [7, 11) is 0. The number of carbonyl (C=O) groups excluding carboxylic acids is 2. The summed E-state index contributed by atoms with van der Waals surface area (Å²) in [6, 6.07) is 4.05. The number of hydrogen-bond acceptors (Lipinski definition) is 5. The predicted molar refractivity (Wildman–Crippen MR) is 109 cm³/mol. The molecule has 28 heavy (non-hydrogen) atoms. The fraction of sp³-hybridized carbons (Fsp3) is 0.381. The van der Waals surface area contributed by atoms with Gasteiger partial charge in [0.05, 0.1) is 5.71 Å². The molecule has 0 aromatic carbocycles. The first-order valence-corrected chi connectivity index (χ1v) is 9.60. The molecule has 2 amide bonds. The molecule has 3 heterocycles. The Labute approximate surface area is 164 Å². The number of aromatic nitrogens is 1. The monoisotopic (exact) mass is 377 g/mol. The molecular formula is C21H23N5O2. The first-order valence-electron chi connectivity index (χ1n) is 9.60. The van der Waals surface area contributed by atoms with Gasteiger partial charge in [-0.25, -0.2) is 9.98 Å². The summed E-state index contributed by atoms with van der Waals surface area (Å²) in [6.07, 6.45) is 9.84. The number of amides is 2. The number of aliphatic imine (C=N–C) groups is 2. The molecule has 0 saturated carbocycles. The lowest BCUT2D eigenvalue weighted by atomic mass is 9.96. The van der Waals surface area contributed by atoms with Crippen LogP contribution in [0.3, 0.4) is 0 Å². The average Bonchev–Trinajstić information content (AvgIpc) is 2.72. The number of allylic oxidation sites excluding steroid dienone is 3. The van der Waals surface area contributed by atoms with Crippen molar-refractivity contribution in [3.8, 4) is 0 Å². The van der Waals surface area contributed by atoms with Crippen LogP contribution in [0.4, 0.5) is 5.82 Å². The molecule has 1 unspecified atom stereocenters. The molecule has 7 heteroatoms. The molecule has 0 bridgehead atoms. The molecular weight excluding hydrogens is 354 g/mol. The highest BCUT2D eigenvalue weighted by molar-refractivity contribution is 6.21. The average molecular weight is 377 g/mol. The Kier molecular flexibility index (Phi) is 5.14. The van der Waals surface area contributed by atoms with Gasteiger partial charge in [-0.3, -0.25) is 9.59 Å². The van der Waals surface area contributed by atoms with Crippen molar-refractivity contribution in [3.05, 3.63) is 48.2 Å². The second-order valence-electron chi connectivity index (χ2n) is 7.18. The van der Waals surface area contributed by atoms with Crippen LogP contribution in [0.15, 0.2) is 52.6 Å². The van der Waals surface area contributed by atoms with Crippen LogP contribution < -0.4 is 4.90 Å². The quantitative estimate of drug-likeness (QED) is 0.803. The molecule has 0 N–H and O–H groups in total. The van der Waals surface area contributed by atoms with Crippen LogP contribution in [-0.2, 0) is 9.59 Å². The molecule has 1 aromatic rings. The van der Waals surface area contributed by atoms with E-state index in [4.69, 9.17) is 0 Å². The van der Waals surface area contributed by atoms with Crippen LogP contribution in [0.1, 0.15) is 18.4 Å². The molecule has 7 nitrogen and oxygen atoms in total. The molecule has 0 spiro atoms. The van der Waals surface area contributed by atoms with Gasteiger partial charge >= 0.3 is 0 Å². The van der Waals surface area contributed by atoms with Gasteiger partial charge in [-0.1, -0.05) is 18.2 Å². The van der Waals surface area contributed by atoms with Crippen LogP contribution in [0.5, 0.6) is 0 Å². The maximum absolute atomic E-state index is 12.6. The van der Waals surface area contributed by atoms with Crippen molar-refractivity contribution in [2.24, 2.45) is 15.9 Å². The fourth-order valence-corrected chi connectivity index (χ4v) is 3.58. The van der Waals surface area contributed by atoms with Gasteiger partial charge in [0.15, 0.2) is 0 Å². The van der Waals surface area contributed by atoms with Gasteiger partial charge in [0.2, 0.25) is 5.91 Å². The Morgan fingerprint density at radius 2 is 2.00 bits per heavy atom. The van der Waals surface area contributed by atoms with Crippen LogP contribution >= 0.6 is 0 Å². The third-order valence-corrected chi connectivity index (χ3v) is 5.18. The summed E-state index contributed by atoms with van der Waals surface area (Å²) in [5.41, 5.74) is 1.89. The number of aryl methyl sites for hydroxylation is 1. The highest BCUT2D eigenvalue weighted by Gasteiger charge is 2.27. The van der Waals surface area contributed by atoms with E-state index >= 15 is 0 Å². The van der Waals surface area contributed by atoms with E-state index in [-0.39, 0.29) is 17.7 Å². The van der Waals surface area contributed by atoms with Gasteiger partial charge in [-0.05, 0) is 30.7 Å². The largest absolute Gasteiger partial charge is 0.353 e. The maximum atomic E-state index is 12.6. The zero-order valence-corrected chi connectivity index (χ0v) is 15.9. The molecule has 1 atom stereocenters. The van der Waals surface area contributed by atoms with Crippen molar-refractivity contribution in [3.63, 3.8) is 0 Å². The van der Waals surface area contributed by atoms with Crippen molar-refractivity contribution >= 4 is 29.2 Å². The summed E-state index contributed by atoms with van der Waals surface area (Å²) in [5.74, 6) is 0.919. The van der Waals surface area contributed by atoms with Crippen LogP contribution in [0.25, 0.3) is 0 Å². The Balaban J connectivity index is 1.30. The SMILES string of the molecule is Cc1ccnc(N2CCN(C(=O)CCC3=NC(=O)C4C=CC=CC4=N3)CC2)c1. The first-order chi connectivity index (χ1) is 13.6. The number of hydrogen-bond donors (Lipinski definition) is 0. The number of carbonyl (C=O) groups is 2. The van der Waals surface area contributed by atoms with Crippen LogP contribution in [-0.4, -0.2) is 59.4 Å². The summed E-state index contributed by atoms with van der Waals surface area (Å²) < 4.78 is 0. The number of amidine groups is 1. The molecule has 3 aliphatic rings. The van der Waals surface area contributed by atoms with Crippen molar-refractivity contribution in [1.82, 2.24) is 9.88 Å². The number of rotatable bonds is 4. The Morgan fingerprint density at radius 3 is 2.79 bits per heavy atom. The molecule has 4 rings (SSSR count). The predicted octanol–water partition coefficient (Wildman–Crippen LogP) is 1.94. The third kappa shape index (κ3) is 3.93. The van der Waals surface area contributed by atoms with Crippen molar-refractivity contribution in [2.75, 3.05) is 31.1 Å². The van der Waals surface area contributed by atoms with E-state index in [9.17, 15) is 9.59 Å². The van der Waals surface area contributed by atoms with E-state index in [1.54, 1.807) is 6.08 Å². The minimum Gasteiger partial charge on any atom is -0.353 e. The smallest absolute Gasteiger partial charge is 0.260 e. The topological polar surface area (TPSA) is 78.2 Å². The zero-order valence-electron chi connectivity index (χ0n) is 15.9. The van der Waals surface area contributed by atoms with E-state index in [2.05, 4.69) is 32.9 Å². The molecule has 144 valence electrons. The lowest BCUT2D eigenvalue weighted by Crippen LogP contribution is -2.49. The normalized spacial score (nSPS) is 21.3. The van der Waals surface area contributed by atoms with Crippen LogP contribution in [0.2, 0.25) is 0 Å². The second-order valence-corrected chi connectivity index (χ2v) is 7.18. The van der Waals surface area contributed by atoms with Gasteiger partial charge < -0.3 is 9.80 Å². The van der Waals surface area contributed by atoms with Gasteiger partial charge in [0.25, 0.3) is 5.91 Å². The van der Waals surface area contributed by atoms with Gasteiger partial charge in [-0.2, -0.15) is 4.99 Å². The Hall–Kier alpha value is -3.09. The summed E-state index contributed by atoms with van der Waals surface area (Å²) in [5, 5.41) is 0. The molecule has 1 saturated heterocycles. The summed E-state index contributed by atoms with van der Waals surface area (Å²) >= 11 is 0. The zero-order chi connectivity index (χ0) is 19.5. The number of fused-ring (bicyclic) bond motifs is 1. The second kappa shape index (κ2) is 7.88. The molecule has 0 radical (unpaired) electrons. The number of nitrogens with zero attached hydrogens (tertiary/aromatic N) is 5. The van der Waals surface area contributed by atoms with E-state index in [1.165, 1.54) is 5.56 Å². The molecule has 2 aliphatic heterocycles. The minimum absolute atomic E-state index is 0.0772. The van der Waals surface area contributed by atoms with Gasteiger partial charge in [-0.15, -0.1) is 0 Å². The van der Waals surface area contributed by atoms with Crippen LogP contribution in [0, 0.1) is 12.8 Å². The Bertz CT molecular complexity index is 907.